The number of methoxy groups -OCH3 is 1. The highest BCUT2D eigenvalue weighted by Gasteiger charge is 2.23. The van der Waals surface area contributed by atoms with Crippen molar-refractivity contribution in [1.82, 2.24) is 14.9 Å². The Morgan fingerprint density at radius 3 is 2.95 bits per heavy atom. The summed E-state index contributed by atoms with van der Waals surface area (Å²) in [6.07, 6.45) is 6.35. The van der Waals surface area contributed by atoms with Crippen molar-refractivity contribution in [2.75, 3.05) is 20.2 Å². The first-order chi connectivity index (χ1) is 10.2. The molecule has 2 heterocycles. The van der Waals surface area contributed by atoms with Crippen molar-refractivity contribution in [3.05, 3.63) is 24.9 Å². The lowest BCUT2D eigenvalue weighted by Crippen LogP contribution is -2.41. The lowest BCUT2D eigenvalue weighted by molar-refractivity contribution is -0.132. The van der Waals surface area contributed by atoms with Crippen LogP contribution in [0.1, 0.15) is 25.7 Å². The van der Waals surface area contributed by atoms with E-state index in [0.717, 1.165) is 32.4 Å². The van der Waals surface area contributed by atoms with Gasteiger partial charge in [0.2, 0.25) is 11.8 Å². The second kappa shape index (κ2) is 7.61. The number of hydrogen-bond acceptors (Lipinski definition) is 5. The van der Waals surface area contributed by atoms with Gasteiger partial charge in [-0.3, -0.25) is 4.79 Å². The van der Waals surface area contributed by atoms with Gasteiger partial charge in [-0.1, -0.05) is 6.08 Å². The smallest absolute Gasteiger partial charge is 0.319 e. The molecule has 21 heavy (non-hydrogen) atoms. The molecule has 6 nitrogen and oxygen atoms in total. The highest BCUT2D eigenvalue weighted by atomic mass is 16.5. The molecule has 0 radical (unpaired) electrons. The zero-order chi connectivity index (χ0) is 15.1. The molecule has 0 saturated carbocycles. The van der Waals surface area contributed by atoms with Gasteiger partial charge in [0.15, 0.2) is 0 Å². The summed E-state index contributed by atoms with van der Waals surface area (Å²) in [6, 6.07) is 2.01. The number of amides is 1. The number of rotatable bonds is 6. The molecule has 1 saturated heterocycles. The summed E-state index contributed by atoms with van der Waals surface area (Å²) < 4.78 is 10.8. The minimum atomic E-state index is 0.0769. The van der Waals surface area contributed by atoms with Crippen molar-refractivity contribution in [3.63, 3.8) is 0 Å². The Morgan fingerprint density at radius 2 is 2.29 bits per heavy atom. The average Bonchev–Trinajstić information content (AvgIpc) is 2.53. The van der Waals surface area contributed by atoms with Gasteiger partial charge in [-0.2, -0.15) is 4.98 Å². The number of aromatic nitrogens is 2. The van der Waals surface area contributed by atoms with E-state index in [1.807, 2.05) is 4.90 Å². The molecule has 1 aromatic heterocycles. The first-order valence-corrected chi connectivity index (χ1v) is 7.15. The number of hydrogen-bond donors (Lipinski definition) is 0. The predicted molar refractivity (Wildman–Crippen MR) is 78.2 cm³/mol. The Balaban J connectivity index is 1.81. The van der Waals surface area contributed by atoms with Crippen molar-refractivity contribution in [1.29, 1.82) is 0 Å². The molecule has 114 valence electrons. The third-order valence-electron chi connectivity index (χ3n) is 3.43. The van der Waals surface area contributed by atoms with Gasteiger partial charge >= 0.3 is 6.01 Å². The maximum absolute atomic E-state index is 11.9. The van der Waals surface area contributed by atoms with Crippen molar-refractivity contribution >= 4 is 5.91 Å². The van der Waals surface area contributed by atoms with Crippen LogP contribution in [-0.2, 0) is 4.79 Å². The van der Waals surface area contributed by atoms with Crippen LogP contribution in [0.25, 0.3) is 0 Å². The Morgan fingerprint density at radius 1 is 1.52 bits per heavy atom. The number of piperidine rings is 1. The molecule has 1 fully saturated rings. The predicted octanol–water partition coefficient (Wildman–Crippen LogP) is 1.82. The molecule has 1 aromatic rings. The Kier molecular flexibility index (Phi) is 5.54. The van der Waals surface area contributed by atoms with Crippen LogP contribution in [-0.4, -0.2) is 47.1 Å². The molecule has 0 bridgehead atoms. The fraction of sp³-hybridized carbons (Fsp3) is 0.533. The van der Waals surface area contributed by atoms with E-state index in [9.17, 15) is 4.79 Å². The van der Waals surface area contributed by atoms with Gasteiger partial charge in [-0.05, 0) is 6.42 Å². The maximum Gasteiger partial charge on any atom is 0.319 e. The van der Waals surface area contributed by atoms with Crippen molar-refractivity contribution in [3.8, 4) is 11.9 Å². The monoisotopic (exact) mass is 291 g/mol. The number of ether oxygens (including phenoxy) is 2. The Bertz CT molecular complexity index is 485. The first kappa shape index (κ1) is 15.3. The van der Waals surface area contributed by atoms with E-state index < -0.39 is 0 Å². The second-order valence-corrected chi connectivity index (χ2v) is 4.91. The first-order valence-electron chi connectivity index (χ1n) is 7.15. The summed E-state index contributed by atoms with van der Waals surface area (Å²) in [5.41, 5.74) is 0. The van der Waals surface area contributed by atoms with Gasteiger partial charge in [0, 0.05) is 44.6 Å². The van der Waals surface area contributed by atoms with Crippen LogP contribution in [0.3, 0.4) is 0 Å². The molecule has 1 aliphatic heterocycles. The van der Waals surface area contributed by atoms with E-state index >= 15 is 0 Å². The van der Waals surface area contributed by atoms with Crippen LogP contribution < -0.4 is 9.47 Å². The fourth-order valence-corrected chi connectivity index (χ4v) is 2.27. The van der Waals surface area contributed by atoms with Gasteiger partial charge in [-0.15, -0.1) is 6.58 Å². The molecule has 6 heteroatoms. The summed E-state index contributed by atoms with van der Waals surface area (Å²) in [7, 11) is 1.52. The average molecular weight is 291 g/mol. The fourth-order valence-electron chi connectivity index (χ4n) is 2.27. The Hall–Kier alpha value is -2.11. The van der Waals surface area contributed by atoms with E-state index in [1.54, 1.807) is 18.3 Å². The summed E-state index contributed by atoms with van der Waals surface area (Å²) in [4.78, 5) is 21.9. The molecule has 0 aliphatic carbocycles. The molecule has 0 spiro atoms. The highest BCUT2D eigenvalue weighted by Crippen LogP contribution is 2.19. The molecular weight excluding hydrogens is 270 g/mol. The van der Waals surface area contributed by atoms with Crippen molar-refractivity contribution in [2.24, 2.45) is 0 Å². The van der Waals surface area contributed by atoms with Crippen LogP contribution in [0.2, 0.25) is 0 Å². The number of nitrogens with zero attached hydrogens (tertiary/aromatic N) is 3. The molecule has 0 aromatic carbocycles. The molecule has 0 atom stereocenters. The van der Waals surface area contributed by atoms with Crippen LogP contribution in [0.5, 0.6) is 11.9 Å². The minimum absolute atomic E-state index is 0.0769. The van der Waals surface area contributed by atoms with E-state index in [2.05, 4.69) is 16.5 Å². The molecule has 0 N–H and O–H groups in total. The third kappa shape index (κ3) is 4.44. The maximum atomic E-state index is 11.9. The SMILES string of the molecule is C=CCCC(=O)N1CCC(Oc2ccnc(OC)n2)CC1. The number of allylic oxidation sites excluding steroid dienone is 1. The quantitative estimate of drug-likeness (QED) is 0.748. The van der Waals surface area contributed by atoms with Crippen LogP contribution in [0, 0.1) is 0 Å². The van der Waals surface area contributed by atoms with Gasteiger partial charge in [0.1, 0.15) is 6.10 Å². The summed E-state index contributed by atoms with van der Waals surface area (Å²) in [5, 5.41) is 0. The van der Waals surface area contributed by atoms with E-state index in [-0.39, 0.29) is 12.0 Å². The number of likely N-dealkylation sites (tertiary alicyclic amines) is 1. The summed E-state index contributed by atoms with van der Waals surface area (Å²) >= 11 is 0. The zero-order valence-corrected chi connectivity index (χ0v) is 12.3. The molecule has 1 amide bonds. The minimum Gasteiger partial charge on any atom is -0.474 e. The molecule has 2 rings (SSSR count). The molecule has 1 aliphatic rings. The van der Waals surface area contributed by atoms with Crippen LogP contribution in [0.4, 0.5) is 0 Å². The van der Waals surface area contributed by atoms with Crippen molar-refractivity contribution in [2.45, 2.75) is 31.8 Å². The summed E-state index contributed by atoms with van der Waals surface area (Å²) in [5.74, 6) is 0.704. The van der Waals surface area contributed by atoms with Gasteiger partial charge in [0.05, 0.1) is 7.11 Å². The van der Waals surface area contributed by atoms with E-state index in [1.165, 1.54) is 7.11 Å². The van der Waals surface area contributed by atoms with Crippen LogP contribution >= 0.6 is 0 Å². The summed E-state index contributed by atoms with van der Waals surface area (Å²) in [6.45, 7) is 5.09. The molecular formula is C15H21N3O3. The van der Waals surface area contributed by atoms with Gasteiger partial charge < -0.3 is 14.4 Å². The number of carbonyl (C=O) groups excluding carboxylic acids is 1. The standard InChI is InChI=1S/C15H21N3O3/c1-3-4-5-14(19)18-10-7-12(8-11-18)21-13-6-9-16-15(17-13)20-2/h3,6,9,12H,1,4-5,7-8,10-11H2,2H3. The highest BCUT2D eigenvalue weighted by molar-refractivity contribution is 5.76. The van der Waals surface area contributed by atoms with E-state index in [4.69, 9.17) is 9.47 Å². The number of carbonyl (C=O) groups is 1. The largest absolute Gasteiger partial charge is 0.474 e. The normalized spacial score (nSPS) is 15.6. The topological polar surface area (TPSA) is 64.6 Å². The van der Waals surface area contributed by atoms with Crippen LogP contribution in [0.15, 0.2) is 24.9 Å². The lowest BCUT2D eigenvalue weighted by Gasteiger charge is -2.32. The van der Waals surface area contributed by atoms with Gasteiger partial charge in [-0.25, -0.2) is 4.98 Å². The Labute approximate surface area is 124 Å². The zero-order valence-electron chi connectivity index (χ0n) is 12.3. The van der Waals surface area contributed by atoms with Gasteiger partial charge in [0.25, 0.3) is 0 Å². The molecule has 0 unspecified atom stereocenters. The second-order valence-electron chi connectivity index (χ2n) is 4.91. The van der Waals surface area contributed by atoms with E-state index in [0.29, 0.717) is 18.3 Å². The lowest BCUT2D eigenvalue weighted by atomic mass is 10.1. The van der Waals surface area contributed by atoms with Crippen molar-refractivity contribution < 1.29 is 14.3 Å². The third-order valence-corrected chi connectivity index (χ3v) is 3.43.